The highest BCUT2D eigenvalue weighted by atomic mass is 16.5. The van der Waals surface area contributed by atoms with Crippen LogP contribution in [0.3, 0.4) is 0 Å². The number of imidazole rings is 2. The van der Waals surface area contributed by atoms with Crippen molar-refractivity contribution in [1.29, 1.82) is 0 Å². The molecule has 0 saturated heterocycles. The van der Waals surface area contributed by atoms with Gasteiger partial charge in [-0.3, -0.25) is 9.13 Å². The summed E-state index contributed by atoms with van der Waals surface area (Å²) < 4.78 is 14.9. The van der Waals surface area contributed by atoms with Gasteiger partial charge in [-0.2, -0.15) is 0 Å². The molecule has 0 aliphatic rings. The van der Waals surface area contributed by atoms with Crippen LogP contribution < -0.4 is 0 Å². The highest BCUT2D eigenvalue weighted by Gasteiger charge is 2.17. The van der Waals surface area contributed by atoms with E-state index in [4.69, 9.17) is 24.4 Å². The van der Waals surface area contributed by atoms with Gasteiger partial charge in [0.15, 0.2) is 11.6 Å². The second kappa shape index (κ2) is 7.70. The molecule has 0 radical (unpaired) electrons. The lowest BCUT2D eigenvalue weighted by Crippen LogP contribution is -2.05. The number of benzene rings is 2. The molecule has 5 aromatic rings. The van der Waals surface area contributed by atoms with Crippen LogP contribution in [0.4, 0.5) is 0 Å². The monoisotopic (exact) mass is 399 g/mol. The van der Waals surface area contributed by atoms with Crippen molar-refractivity contribution in [3.63, 3.8) is 0 Å². The smallest absolute Gasteiger partial charge is 0.161 e. The predicted molar refractivity (Wildman–Crippen MR) is 116 cm³/mol. The summed E-state index contributed by atoms with van der Waals surface area (Å²) in [5.41, 5.74) is 5.35. The zero-order valence-corrected chi connectivity index (χ0v) is 16.8. The largest absolute Gasteiger partial charge is 0.364 e. The summed E-state index contributed by atoms with van der Waals surface area (Å²) >= 11 is 0. The summed E-state index contributed by atoms with van der Waals surface area (Å²) in [5.74, 6) is 1.52. The fourth-order valence-electron chi connectivity index (χ4n) is 3.75. The fourth-order valence-corrected chi connectivity index (χ4v) is 3.75. The molecule has 3 aromatic heterocycles. The van der Waals surface area contributed by atoms with Crippen molar-refractivity contribution < 1.29 is 9.47 Å². The van der Waals surface area contributed by atoms with Crippen molar-refractivity contribution in [1.82, 2.24) is 24.1 Å². The fraction of sp³-hybridized carbons (Fsp3) is 0.174. The normalized spacial score (nSPS) is 11.5. The molecule has 0 fully saturated rings. The molecular formula is C23H21N5O2. The van der Waals surface area contributed by atoms with Crippen molar-refractivity contribution in [3.8, 4) is 23.0 Å². The molecule has 0 bridgehead atoms. The third-order valence-corrected chi connectivity index (χ3v) is 5.03. The SMILES string of the molecule is COCn1c(-c2cccc(-c3nc4ccccc4n3COC)n2)nc2ccccc21. The van der Waals surface area contributed by atoms with Crippen LogP contribution in [0.25, 0.3) is 45.1 Å². The molecule has 0 saturated carbocycles. The van der Waals surface area contributed by atoms with Crippen LogP contribution >= 0.6 is 0 Å². The van der Waals surface area contributed by atoms with E-state index in [-0.39, 0.29) is 0 Å². The first-order valence-corrected chi connectivity index (χ1v) is 9.66. The Morgan fingerprint density at radius 2 is 1.07 bits per heavy atom. The first-order valence-electron chi connectivity index (χ1n) is 9.66. The number of ether oxygens (including phenoxy) is 2. The second-order valence-corrected chi connectivity index (χ2v) is 6.95. The number of methoxy groups -OCH3 is 2. The molecule has 2 aromatic carbocycles. The molecule has 0 aliphatic carbocycles. The minimum Gasteiger partial charge on any atom is -0.364 e. The van der Waals surface area contributed by atoms with E-state index in [2.05, 4.69) is 0 Å². The van der Waals surface area contributed by atoms with E-state index in [1.807, 2.05) is 75.9 Å². The first kappa shape index (κ1) is 18.5. The molecule has 3 heterocycles. The van der Waals surface area contributed by atoms with Gasteiger partial charge in [0.05, 0.1) is 22.1 Å². The lowest BCUT2D eigenvalue weighted by molar-refractivity contribution is 0.135. The van der Waals surface area contributed by atoms with Crippen LogP contribution in [-0.4, -0.2) is 38.3 Å². The number of aromatic nitrogens is 5. The quantitative estimate of drug-likeness (QED) is 0.425. The minimum absolute atomic E-state index is 0.393. The maximum Gasteiger partial charge on any atom is 0.161 e. The Labute approximate surface area is 173 Å². The maximum absolute atomic E-state index is 5.42. The number of hydrogen-bond donors (Lipinski definition) is 0. The van der Waals surface area contributed by atoms with E-state index in [0.717, 1.165) is 45.1 Å². The number of para-hydroxylation sites is 4. The van der Waals surface area contributed by atoms with Crippen LogP contribution in [0.15, 0.2) is 66.7 Å². The summed E-state index contributed by atoms with van der Waals surface area (Å²) in [6.45, 7) is 0.786. The molecule has 5 rings (SSSR count). The van der Waals surface area contributed by atoms with Gasteiger partial charge < -0.3 is 9.47 Å². The molecule has 0 unspecified atom stereocenters. The van der Waals surface area contributed by atoms with Gasteiger partial charge in [-0.25, -0.2) is 15.0 Å². The highest BCUT2D eigenvalue weighted by molar-refractivity contribution is 5.81. The molecule has 0 amide bonds. The van der Waals surface area contributed by atoms with Crippen molar-refractivity contribution >= 4 is 22.1 Å². The predicted octanol–water partition coefficient (Wildman–Crippen LogP) is 4.32. The van der Waals surface area contributed by atoms with Crippen molar-refractivity contribution in [2.75, 3.05) is 14.2 Å². The van der Waals surface area contributed by atoms with Gasteiger partial charge in [-0.15, -0.1) is 0 Å². The molecular weight excluding hydrogens is 378 g/mol. The molecule has 150 valence electrons. The van der Waals surface area contributed by atoms with E-state index < -0.39 is 0 Å². The van der Waals surface area contributed by atoms with Gasteiger partial charge in [-0.1, -0.05) is 30.3 Å². The van der Waals surface area contributed by atoms with E-state index in [9.17, 15) is 0 Å². The molecule has 0 spiro atoms. The van der Waals surface area contributed by atoms with Crippen molar-refractivity contribution in [3.05, 3.63) is 66.7 Å². The molecule has 0 atom stereocenters. The molecule has 7 heteroatoms. The van der Waals surface area contributed by atoms with Crippen LogP contribution in [-0.2, 0) is 22.9 Å². The van der Waals surface area contributed by atoms with Crippen molar-refractivity contribution in [2.45, 2.75) is 13.5 Å². The number of pyridine rings is 1. The van der Waals surface area contributed by atoms with E-state index in [1.165, 1.54) is 0 Å². The first-order chi connectivity index (χ1) is 14.8. The van der Waals surface area contributed by atoms with Gasteiger partial charge in [-0.05, 0) is 36.4 Å². The Bertz CT molecular complexity index is 1240. The molecule has 0 N–H and O–H groups in total. The highest BCUT2D eigenvalue weighted by Crippen LogP contribution is 2.28. The van der Waals surface area contributed by atoms with Gasteiger partial charge in [0.1, 0.15) is 24.8 Å². The summed E-state index contributed by atoms with van der Waals surface area (Å²) in [6.07, 6.45) is 0. The number of fused-ring (bicyclic) bond motifs is 2. The second-order valence-electron chi connectivity index (χ2n) is 6.95. The topological polar surface area (TPSA) is 67.0 Å². The third-order valence-electron chi connectivity index (χ3n) is 5.03. The number of nitrogens with zero attached hydrogens (tertiary/aromatic N) is 5. The van der Waals surface area contributed by atoms with Crippen LogP contribution in [0.1, 0.15) is 0 Å². The van der Waals surface area contributed by atoms with Gasteiger partial charge >= 0.3 is 0 Å². The Morgan fingerprint density at radius 3 is 1.53 bits per heavy atom. The summed E-state index contributed by atoms with van der Waals surface area (Å²) in [4.78, 5) is 14.5. The number of rotatable bonds is 6. The van der Waals surface area contributed by atoms with Gasteiger partial charge in [0.25, 0.3) is 0 Å². The summed E-state index contributed by atoms with van der Waals surface area (Å²) in [6, 6.07) is 21.9. The Hall–Kier alpha value is -3.55. The van der Waals surface area contributed by atoms with Gasteiger partial charge in [0.2, 0.25) is 0 Å². The number of hydrogen-bond acceptors (Lipinski definition) is 5. The third kappa shape index (κ3) is 3.04. The lowest BCUT2D eigenvalue weighted by Gasteiger charge is -2.10. The lowest BCUT2D eigenvalue weighted by atomic mass is 10.2. The van der Waals surface area contributed by atoms with E-state index in [0.29, 0.717) is 13.5 Å². The average Bonchev–Trinajstić information content (AvgIpc) is 3.34. The average molecular weight is 399 g/mol. The van der Waals surface area contributed by atoms with Gasteiger partial charge in [0, 0.05) is 14.2 Å². The zero-order valence-electron chi connectivity index (χ0n) is 16.8. The van der Waals surface area contributed by atoms with Crippen LogP contribution in [0.2, 0.25) is 0 Å². The molecule has 0 aliphatic heterocycles. The van der Waals surface area contributed by atoms with Crippen molar-refractivity contribution in [2.24, 2.45) is 0 Å². The van der Waals surface area contributed by atoms with Crippen LogP contribution in [0, 0.1) is 0 Å². The Kier molecular flexibility index (Phi) is 4.74. The zero-order chi connectivity index (χ0) is 20.5. The Balaban J connectivity index is 1.68. The maximum atomic E-state index is 5.42. The van der Waals surface area contributed by atoms with E-state index >= 15 is 0 Å². The molecule has 7 nitrogen and oxygen atoms in total. The minimum atomic E-state index is 0.393. The summed E-state index contributed by atoms with van der Waals surface area (Å²) in [7, 11) is 3.35. The van der Waals surface area contributed by atoms with E-state index in [1.54, 1.807) is 14.2 Å². The molecule has 30 heavy (non-hydrogen) atoms. The summed E-state index contributed by atoms with van der Waals surface area (Å²) in [5, 5.41) is 0. The Morgan fingerprint density at radius 1 is 0.600 bits per heavy atom. The van der Waals surface area contributed by atoms with Crippen LogP contribution in [0.5, 0.6) is 0 Å². The standard InChI is InChI=1S/C23H21N5O2/c1-29-14-27-20-12-5-3-8-16(20)25-22(27)18-10-7-11-19(24-18)23-26-17-9-4-6-13-21(17)28(23)15-30-2/h3-13H,14-15H2,1-2H3.